The average Bonchev–Trinajstić information content (AvgIpc) is 2.97. The first-order valence-electron chi connectivity index (χ1n) is 14.1. The van der Waals surface area contributed by atoms with E-state index in [0.717, 1.165) is 58.4 Å². The smallest absolute Gasteiger partial charge is 0.872 e. The van der Waals surface area contributed by atoms with Crippen molar-refractivity contribution in [3.05, 3.63) is 83.9 Å². The molecule has 2 aliphatic rings. The summed E-state index contributed by atoms with van der Waals surface area (Å²) in [7, 11) is 0. The molecule has 39 heavy (non-hydrogen) atoms. The molecule has 0 spiro atoms. The van der Waals surface area contributed by atoms with Gasteiger partial charge >= 0.3 is 17.1 Å². The van der Waals surface area contributed by atoms with Gasteiger partial charge in [0.25, 0.3) is 0 Å². The van der Waals surface area contributed by atoms with Crippen molar-refractivity contribution >= 4 is 34.0 Å². The van der Waals surface area contributed by atoms with Crippen molar-refractivity contribution in [2.45, 2.75) is 76.3 Å². The van der Waals surface area contributed by atoms with Crippen molar-refractivity contribution in [3.63, 3.8) is 0 Å². The summed E-state index contributed by atoms with van der Waals surface area (Å²) in [5, 5.41) is 28.3. The summed E-state index contributed by atoms with van der Waals surface area (Å²) in [5.41, 5.74) is 1.48. The van der Waals surface area contributed by atoms with Gasteiger partial charge in [-0.1, -0.05) is 123 Å². The molecule has 0 bridgehead atoms. The third-order valence-electron chi connectivity index (χ3n) is 7.84. The first-order valence-corrected chi connectivity index (χ1v) is 14.1. The number of hydrogen-bond acceptors (Lipinski definition) is 4. The molecule has 0 unspecified atom stereocenters. The van der Waals surface area contributed by atoms with Gasteiger partial charge in [0.1, 0.15) is 0 Å². The summed E-state index contributed by atoms with van der Waals surface area (Å²) in [6.07, 6.45) is 16.0. The van der Waals surface area contributed by atoms with Crippen LogP contribution in [0, 0.1) is 0 Å². The van der Waals surface area contributed by atoms with Gasteiger partial charge in [0.15, 0.2) is 0 Å². The minimum atomic E-state index is 0. The number of nitrogens with zero attached hydrogens (tertiary/aromatic N) is 2. The van der Waals surface area contributed by atoms with Gasteiger partial charge in [-0.15, -0.1) is 0 Å². The second-order valence-electron chi connectivity index (χ2n) is 10.5. The van der Waals surface area contributed by atoms with E-state index in [9.17, 15) is 10.2 Å². The molecule has 205 valence electrons. The summed E-state index contributed by atoms with van der Waals surface area (Å²) in [5.74, 6) is 0.136. The maximum absolute atomic E-state index is 12.0. The summed E-state index contributed by atoms with van der Waals surface area (Å²) in [4.78, 5) is 9.28. The number of aliphatic imine (C=N–C) groups is 2. The minimum absolute atomic E-state index is 0. The molecule has 2 saturated carbocycles. The number of rotatable bonds is 4. The van der Waals surface area contributed by atoms with E-state index in [-0.39, 0.29) is 28.6 Å². The fourth-order valence-corrected chi connectivity index (χ4v) is 5.64. The predicted molar refractivity (Wildman–Crippen MR) is 156 cm³/mol. The van der Waals surface area contributed by atoms with Crippen molar-refractivity contribution < 1.29 is 27.3 Å². The average molecular weight is 568 g/mol. The second-order valence-corrected chi connectivity index (χ2v) is 10.5. The van der Waals surface area contributed by atoms with E-state index >= 15 is 0 Å². The van der Waals surface area contributed by atoms with Crippen molar-refractivity contribution in [2.24, 2.45) is 9.98 Å². The summed E-state index contributed by atoms with van der Waals surface area (Å²) in [6, 6.07) is 23.9. The number of hydrogen-bond donors (Lipinski definition) is 0. The summed E-state index contributed by atoms with van der Waals surface area (Å²) >= 11 is 0. The molecule has 2 fully saturated rings. The first-order chi connectivity index (χ1) is 18.7. The zero-order chi connectivity index (χ0) is 26.2. The molecule has 0 heterocycles. The van der Waals surface area contributed by atoms with Crippen LogP contribution in [0.1, 0.15) is 75.3 Å². The van der Waals surface area contributed by atoms with Crippen molar-refractivity contribution in [3.8, 4) is 11.5 Å². The molecule has 0 aliphatic heterocycles. The number of benzene rings is 4. The molecule has 4 nitrogen and oxygen atoms in total. The Labute approximate surface area is 242 Å². The van der Waals surface area contributed by atoms with Crippen LogP contribution in [0.15, 0.2) is 82.8 Å². The topological polar surface area (TPSA) is 70.8 Å². The zero-order valence-corrected chi connectivity index (χ0v) is 23.3. The van der Waals surface area contributed by atoms with E-state index in [0.29, 0.717) is 12.1 Å². The van der Waals surface area contributed by atoms with E-state index in [1.165, 1.54) is 38.5 Å². The van der Waals surface area contributed by atoms with Gasteiger partial charge in [-0.05, 0) is 58.4 Å². The molecular formula is C34H36CuN2O2. The van der Waals surface area contributed by atoms with Gasteiger partial charge < -0.3 is 10.2 Å². The molecule has 4 aromatic rings. The quantitative estimate of drug-likeness (QED) is 0.191. The molecule has 0 atom stereocenters. The Morgan fingerprint density at radius 1 is 0.513 bits per heavy atom. The molecule has 4 aromatic carbocycles. The van der Waals surface area contributed by atoms with Crippen LogP contribution < -0.4 is 10.2 Å². The molecule has 0 amide bonds. The van der Waals surface area contributed by atoms with Crippen LogP contribution in [0.2, 0.25) is 0 Å². The van der Waals surface area contributed by atoms with E-state index in [2.05, 4.69) is 9.98 Å². The van der Waals surface area contributed by atoms with Gasteiger partial charge in [-0.2, -0.15) is 0 Å². The molecule has 0 N–H and O–H groups in total. The van der Waals surface area contributed by atoms with Crippen LogP contribution in [0.25, 0.3) is 21.5 Å². The monoisotopic (exact) mass is 567 g/mol. The third-order valence-corrected chi connectivity index (χ3v) is 7.84. The molecule has 0 aromatic heterocycles. The van der Waals surface area contributed by atoms with Crippen LogP contribution in [0.5, 0.6) is 11.5 Å². The molecule has 2 aliphatic carbocycles. The van der Waals surface area contributed by atoms with Crippen LogP contribution in [-0.4, -0.2) is 24.5 Å². The van der Waals surface area contributed by atoms with Crippen LogP contribution >= 0.6 is 0 Å². The Hall–Kier alpha value is -3.14. The molecular weight excluding hydrogens is 532 g/mol. The van der Waals surface area contributed by atoms with E-state index in [4.69, 9.17) is 0 Å². The molecule has 0 saturated heterocycles. The van der Waals surface area contributed by atoms with Crippen molar-refractivity contribution in [1.82, 2.24) is 0 Å². The van der Waals surface area contributed by atoms with Gasteiger partial charge in [0, 0.05) is 24.5 Å². The summed E-state index contributed by atoms with van der Waals surface area (Å²) in [6.45, 7) is 0. The largest absolute Gasteiger partial charge is 2.00 e. The van der Waals surface area contributed by atoms with E-state index in [1.54, 1.807) is 24.6 Å². The van der Waals surface area contributed by atoms with Crippen molar-refractivity contribution in [1.29, 1.82) is 0 Å². The summed E-state index contributed by atoms with van der Waals surface area (Å²) < 4.78 is 0. The first kappa shape index (κ1) is 28.9. The zero-order valence-electron chi connectivity index (χ0n) is 22.3. The Kier molecular flexibility index (Phi) is 10.6. The fraction of sp³-hybridized carbons (Fsp3) is 0.353. The maximum Gasteiger partial charge on any atom is 2.00 e. The van der Waals surface area contributed by atoms with Gasteiger partial charge in [0.05, 0.1) is 0 Å². The van der Waals surface area contributed by atoms with E-state index < -0.39 is 0 Å². The Morgan fingerprint density at radius 2 is 0.897 bits per heavy atom. The molecule has 5 heteroatoms. The maximum atomic E-state index is 12.0. The van der Waals surface area contributed by atoms with Gasteiger partial charge in [-0.3, -0.25) is 9.98 Å². The standard InChI is InChI=1S/2C17H19NO.Cu/c2*19-17-11-10-13-6-4-5-9-15(13)16(17)12-18-14-7-2-1-3-8-14;/h2*4-6,9-12,14,19H,1-3,7-8H2;/q;;+2/p-2. The van der Waals surface area contributed by atoms with Gasteiger partial charge in [-0.25, -0.2) is 0 Å². The Bertz CT molecular complexity index is 1310. The van der Waals surface area contributed by atoms with Crippen LogP contribution in [0.3, 0.4) is 0 Å². The third kappa shape index (κ3) is 7.50. The van der Waals surface area contributed by atoms with Gasteiger partial charge in [0.2, 0.25) is 0 Å². The van der Waals surface area contributed by atoms with Crippen LogP contribution in [-0.2, 0) is 17.1 Å². The predicted octanol–water partition coefficient (Wildman–Crippen LogP) is 7.33. The molecule has 1 radical (unpaired) electrons. The number of fused-ring (bicyclic) bond motifs is 2. The fourth-order valence-electron chi connectivity index (χ4n) is 5.64. The Balaban J connectivity index is 0.000000176. The normalized spacial score (nSPS) is 16.8. The minimum Gasteiger partial charge on any atom is -0.872 e. The van der Waals surface area contributed by atoms with E-state index in [1.807, 2.05) is 60.7 Å². The Morgan fingerprint density at radius 3 is 1.31 bits per heavy atom. The molecule has 6 rings (SSSR count). The second kappa shape index (κ2) is 14.3. The SMILES string of the molecule is [Cu+2].[O-]c1ccc2ccccc2c1C=NC1CCCCC1.[O-]c1ccc2ccccc2c1C=NC1CCCCC1. The van der Waals surface area contributed by atoms with Crippen LogP contribution in [0.4, 0.5) is 0 Å². The van der Waals surface area contributed by atoms with Crippen molar-refractivity contribution in [2.75, 3.05) is 0 Å².